The van der Waals surface area contributed by atoms with Gasteiger partial charge in [-0.05, 0) is 73.6 Å². The normalized spacial score (nSPS) is 21.5. The number of hydrogen-bond donors (Lipinski definition) is 2. The van der Waals surface area contributed by atoms with Gasteiger partial charge in [0.1, 0.15) is 0 Å². The Morgan fingerprint density at radius 2 is 1.69 bits per heavy atom. The molecule has 0 saturated heterocycles. The van der Waals surface area contributed by atoms with Gasteiger partial charge in [0, 0.05) is 11.6 Å². The Morgan fingerprint density at radius 3 is 2.44 bits per heavy atom. The largest absolute Gasteiger partial charge is 0.378 e. The average molecular weight is 445 g/mol. The number of nitrogens with one attached hydrogen (secondary N) is 2. The molecule has 2 N–H and O–H groups in total. The Morgan fingerprint density at radius 1 is 0.938 bits per heavy atom. The lowest BCUT2D eigenvalue weighted by Crippen LogP contribution is -2.29. The van der Waals surface area contributed by atoms with E-state index in [1.165, 1.54) is 11.1 Å². The predicted octanol–water partition coefficient (Wildman–Crippen LogP) is 6.24. The molecule has 1 aliphatic carbocycles. The van der Waals surface area contributed by atoms with Gasteiger partial charge in [-0.3, -0.25) is 4.72 Å². The summed E-state index contributed by atoms with van der Waals surface area (Å²) in [6, 6.07) is 20.1. The molecule has 4 nitrogen and oxygen atoms in total. The SMILES string of the molecule is Cc1cccc([C@H]2Nc3ccc(S(=O)(=O)Nc4c(C)cccc4C)cc3[C@H]3C=CC[C@H]32)c1. The van der Waals surface area contributed by atoms with Crippen molar-refractivity contribution in [1.82, 2.24) is 0 Å². The highest BCUT2D eigenvalue weighted by Crippen LogP contribution is 2.50. The van der Waals surface area contributed by atoms with Gasteiger partial charge in [-0.2, -0.15) is 0 Å². The van der Waals surface area contributed by atoms with Crippen LogP contribution >= 0.6 is 0 Å². The van der Waals surface area contributed by atoms with Gasteiger partial charge >= 0.3 is 0 Å². The van der Waals surface area contributed by atoms with Crippen molar-refractivity contribution in [3.63, 3.8) is 0 Å². The van der Waals surface area contributed by atoms with Crippen LogP contribution in [-0.4, -0.2) is 8.42 Å². The first kappa shape index (κ1) is 20.8. The summed E-state index contributed by atoms with van der Waals surface area (Å²) in [5.41, 5.74) is 7.06. The fraction of sp³-hybridized carbons (Fsp3) is 0.259. The van der Waals surface area contributed by atoms with Crippen LogP contribution in [0.5, 0.6) is 0 Å². The number of para-hydroxylation sites is 1. The molecular formula is C27H28N2O2S. The first-order valence-electron chi connectivity index (χ1n) is 11.1. The minimum absolute atomic E-state index is 0.201. The van der Waals surface area contributed by atoms with Crippen molar-refractivity contribution in [2.75, 3.05) is 10.0 Å². The van der Waals surface area contributed by atoms with Crippen LogP contribution in [0.25, 0.3) is 0 Å². The zero-order chi connectivity index (χ0) is 22.5. The van der Waals surface area contributed by atoms with Gasteiger partial charge in [-0.15, -0.1) is 0 Å². The van der Waals surface area contributed by atoms with Crippen LogP contribution in [0.15, 0.2) is 77.7 Å². The van der Waals surface area contributed by atoms with Crippen molar-refractivity contribution in [3.8, 4) is 0 Å². The van der Waals surface area contributed by atoms with Crippen LogP contribution < -0.4 is 10.0 Å². The Kier molecular flexibility index (Phi) is 5.09. The molecule has 2 aliphatic rings. The van der Waals surface area contributed by atoms with Crippen LogP contribution in [0.3, 0.4) is 0 Å². The van der Waals surface area contributed by atoms with Crippen molar-refractivity contribution in [1.29, 1.82) is 0 Å². The third-order valence-corrected chi connectivity index (χ3v) is 8.11. The maximum absolute atomic E-state index is 13.3. The van der Waals surface area contributed by atoms with E-state index in [1.807, 2.05) is 44.2 Å². The molecule has 164 valence electrons. The summed E-state index contributed by atoms with van der Waals surface area (Å²) in [5.74, 6) is 0.570. The molecule has 0 saturated carbocycles. The molecule has 32 heavy (non-hydrogen) atoms. The average Bonchev–Trinajstić information content (AvgIpc) is 3.26. The second-order valence-corrected chi connectivity index (χ2v) is 10.7. The third kappa shape index (κ3) is 3.61. The maximum atomic E-state index is 13.3. The summed E-state index contributed by atoms with van der Waals surface area (Å²) in [6.07, 6.45) is 5.45. The Bertz CT molecular complexity index is 1310. The standard InChI is InChI=1S/C27H28N2O2S/c1-17-7-4-10-20(15-17)27-23-12-6-11-22(23)24-16-21(13-14-25(24)28-27)32(30,31)29-26-18(2)8-5-9-19(26)3/h4-11,13-16,22-23,27-29H,12H2,1-3H3/t22-,23+,27+/m0/s1. The number of benzene rings is 3. The number of fused-ring (bicyclic) bond motifs is 3. The number of aryl methyl sites for hydroxylation is 3. The summed E-state index contributed by atoms with van der Waals surface area (Å²) in [6.45, 7) is 5.95. The van der Waals surface area contributed by atoms with Crippen molar-refractivity contribution in [2.45, 2.75) is 44.0 Å². The van der Waals surface area contributed by atoms with Gasteiger partial charge in [-0.25, -0.2) is 8.42 Å². The van der Waals surface area contributed by atoms with Gasteiger partial charge in [0.2, 0.25) is 0 Å². The lowest BCUT2D eigenvalue weighted by Gasteiger charge is -2.38. The zero-order valence-electron chi connectivity index (χ0n) is 18.6. The van der Waals surface area contributed by atoms with Crippen LogP contribution in [-0.2, 0) is 10.0 Å². The lowest BCUT2D eigenvalue weighted by atomic mass is 9.77. The van der Waals surface area contributed by atoms with Gasteiger partial charge in [0.25, 0.3) is 10.0 Å². The highest BCUT2D eigenvalue weighted by molar-refractivity contribution is 7.92. The van der Waals surface area contributed by atoms with E-state index in [-0.39, 0.29) is 12.0 Å². The van der Waals surface area contributed by atoms with Crippen LogP contribution in [0.4, 0.5) is 11.4 Å². The molecule has 0 amide bonds. The summed E-state index contributed by atoms with van der Waals surface area (Å²) in [5, 5.41) is 3.70. The van der Waals surface area contributed by atoms with E-state index >= 15 is 0 Å². The third-order valence-electron chi connectivity index (χ3n) is 6.76. The molecule has 0 spiro atoms. The molecule has 3 aromatic carbocycles. The van der Waals surface area contributed by atoms with E-state index in [0.717, 1.165) is 28.8 Å². The Balaban J connectivity index is 1.51. The number of allylic oxidation sites excluding steroid dienone is 2. The van der Waals surface area contributed by atoms with Crippen LogP contribution in [0, 0.1) is 26.7 Å². The molecule has 0 unspecified atom stereocenters. The van der Waals surface area contributed by atoms with E-state index < -0.39 is 10.0 Å². The molecule has 5 rings (SSSR count). The fourth-order valence-corrected chi connectivity index (χ4v) is 6.34. The van der Waals surface area contributed by atoms with Crippen LogP contribution in [0.1, 0.15) is 46.2 Å². The fourth-order valence-electron chi connectivity index (χ4n) is 5.10. The van der Waals surface area contributed by atoms with Gasteiger partial charge in [-0.1, -0.05) is 60.2 Å². The minimum atomic E-state index is -3.69. The minimum Gasteiger partial charge on any atom is -0.378 e. The van der Waals surface area contributed by atoms with Gasteiger partial charge < -0.3 is 5.32 Å². The molecule has 0 fully saturated rings. The van der Waals surface area contributed by atoms with Crippen molar-refractivity contribution in [2.24, 2.45) is 5.92 Å². The molecule has 0 aromatic heterocycles. The highest BCUT2D eigenvalue weighted by atomic mass is 32.2. The molecule has 0 radical (unpaired) electrons. The van der Waals surface area contributed by atoms with E-state index in [0.29, 0.717) is 16.5 Å². The second kappa shape index (κ2) is 7.82. The molecule has 1 heterocycles. The topological polar surface area (TPSA) is 58.2 Å². The van der Waals surface area contributed by atoms with Gasteiger partial charge in [0.05, 0.1) is 16.6 Å². The molecule has 1 aliphatic heterocycles. The van der Waals surface area contributed by atoms with E-state index in [9.17, 15) is 8.42 Å². The smallest absolute Gasteiger partial charge is 0.261 e. The summed E-state index contributed by atoms with van der Waals surface area (Å²) < 4.78 is 29.3. The van der Waals surface area contributed by atoms with Crippen molar-refractivity contribution < 1.29 is 8.42 Å². The monoisotopic (exact) mass is 444 g/mol. The van der Waals surface area contributed by atoms with Crippen molar-refractivity contribution in [3.05, 3.63) is 101 Å². The summed E-state index contributed by atoms with van der Waals surface area (Å²) in [4.78, 5) is 0.300. The number of rotatable bonds is 4. The van der Waals surface area contributed by atoms with E-state index in [4.69, 9.17) is 0 Å². The van der Waals surface area contributed by atoms with E-state index in [1.54, 1.807) is 6.07 Å². The summed E-state index contributed by atoms with van der Waals surface area (Å²) >= 11 is 0. The van der Waals surface area contributed by atoms with Gasteiger partial charge in [0.15, 0.2) is 0 Å². The molecular weight excluding hydrogens is 416 g/mol. The Labute approximate surface area is 190 Å². The quantitative estimate of drug-likeness (QED) is 0.468. The van der Waals surface area contributed by atoms with Crippen molar-refractivity contribution >= 4 is 21.4 Å². The van der Waals surface area contributed by atoms with E-state index in [2.05, 4.69) is 53.4 Å². The first-order valence-corrected chi connectivity index (χ1v) is 12.5. The number of sulfonamides is 1. The maximum Gasteiger partial charge on any atom is 0.261 e. The van der Waals surface area contributed by atoms with Crippen LogP contribution in [0.2, 0.25) is 0 Å². The second-order valence-electron chi connectivity index (χ2n) is 9.01. The molecule has 3 atom stereocenters. The Hall–Kier alpha value is -3.05. The molecule has 3 aromatic rings. The zero-order valence-corrected chi connectivity index (χ0v) is 19.4. The first-order chi connectivity index (χ1) is 15.3. The lowest BCUT2D eigenvalue weighted by molar-refractivity contribution is 0.425. The highest BCUT2D eigenvalue weighted by Gasteiger charge is 2.38. The predicted molar refractivity (Wildman–Crippen MR) is 131 cm³/mol. The summed E-state index contributed by atoms with van der Waals surface area (Å²) in [7, 11) is -3.69. The number of hydrogen-bond acceptors (Lipinski definition) is 3. The molecule has 0 bridgehead atoms. The molecule has 5 heteroatoms. The number of anilines is 2.